The Morgan fingerprint density at radius 3 is 2.58 bits per heavy atom. The summed E-state index contributed by atoms with van der Waals surface area (Å²) in [5, 5.41) is 9.94. The van der Waals surface area contributed by atoms with Crippen LogP contribution < -0.4 is 0 Å². The van der Waals surface area contributed by atoms with Gasteiger partial charge in [0.15, 0.2) is 0 Å². The van der Waals surface area contributed by atoms with E-state index in [1.807, 2.05) is 25.1 Å². The SMILES string of the molecule is C[C@@H]1CN(C(=O)C2(c3cccc(Cl)c3)CCOCC2)C[C@H]1C(=O)O. The molecule has 0 unspecified atom stereocenters. The third kappa shape index (κ3) is 3.03. The topological polar surface area (TPSA) is 66.8 Å². The van der Waals surface area contributed by atoms with Crippen molar-refractivity contribution in [2.24, 2.45) is 11.8 Å². The largest absolute Gasteiger partial charge is 0.481 e. The molecule has 2 saturated heterocycles. The number of hydrogen-bond acceptors (Lipinski definition) is 3. The van der Waals surface area contributed by atoms with Crippen LogP contribution in [0.5, 0.6) is 0 Å². The molecule has 2 heterocycles. The van der Waals surface area contributed by atoms with Crippen LogP contribution >= 0.6 is 11.6 Å². The molecule has 1 amide bonds. The van der Waals surface area contributed by atoms with Gasteiger partial charge in [0.25, 0.3) is 0 Å². The van der Waals surface area contributed by atoms with E-state index < -0.39 is 17.3 Å². The van der Waals surface area contributed by atoms with Gasteiger partial charge in [-0.1, -0.05) is 30.7 Å². The van der Waals surface area contributed by atoms with E-state index >= 15 is 0 Å². The van der Waals surface area contributed by atoms with Gasteiger partial charge in [-0.25, -0.2) is 0 Å². The van der Waals surface area contributed by atoms with E-state index in [1.54, 1.807) is 11.0 Å². The highest BCUT2D eigenvalue weighted by atomic mass is 35.5. The van der Waals surface area contributed by atoms with Crippen molar-refractivity contribution < 1.29 is 19.4 Å². The van der Waals surface area contributed by atoms with E-state index in [9.17, 15) is 14.7 Å². The number of amides is 1. The van der Waals surface area contributed by atoms with Crippen LogP contribution in [-0.2, 0) is 19.7 Å². The molecule has 130 valence electrons. The molecule has 24 heavy (non-hydrogen) atoms. The fourth-order valence-electron chi connectivity index (χ4n) is 3.89. The van der Waals surface area contributed by atoms with Gasteiger partial charge in [0.2, 0.25) is 5.91 Å². The Hall–Kier alpha value is -1.59. The first-order chi connectivity index (χ1) is 11.4. The average molecular weight is 352 g/mol. The second kappa shape index (κ2) is 6.73. The molecule has 2 fully saturated rings. The fraction of sp³-hybridized carbons (Fsp3) is 0.556. The lowest BCUT2D eigenvalue weighted by Crippen LogP contribution is -2.49. The monoisotopic (exact) mass is 351 g/mol. The molecule has 2 aliphatic rings. The van der Waals surface area contributed by atoms with E-state index in [0.717, 1.165) is 5.56 Å². The highest BCUT2D eigenvalue weighted by Gasteiger charge is 2.47. The minimum atomic E-state index is -0.832. The summed E-state index contributed by atoms with van der Waals surface area (Å²) in [6.45, 7) is 3.69. The molecule has 3 rings (SSSR count). The summed E-state index contributed by atoms with van der Waals surface area (Å²) in [5.74, 6) is -1.36. The van der Waals surface area contributed by atoms with Crippen LogP contribution in [0, 0.1) is 11.8 Å². The molecular formula is C18H22ClNO4. The van der Waals surface area contributed by atoms with Crippen molar-refractivity contribution in [2.75, 3.05) is 26.3 Å². The van der Waals surface area contributed by atoms with Crippen molar-refractivity contribution in [1.82, 2.24) is 4.90 Å². The molecule has 1 aromatic carbocycles. The lowest BCUT2D eigenvalue weighted by atomic mass is 9.73. The Kier molecular flexibility index (Phi) is 4.83. The minimum absolute atomic E-state index is 0.00340. The molecule has 1 N–H and O–H groups in total. The van der Waals surface area contributed by atoms with Gasteiger partial charge < -0.3 is 14.7 Å². The molecule has 5 nitrogen and oxygen atoms in total. The zero-order valence-corrected chi connectivity index (χ0v) is 14.5. The Morgan fingerprint density at radius 2 is 2.00 bits per heavy atom. The lowest BCUT2D eigenvalue weighted by Gasteiger charge is -2.39. The molecule has 0 bridgehead atoms. The van der Waals surface area contributed by atoms with Crippen molar-refractivity contribution in [2.45, 2.75) is 25.2 Å². The van der Waals surface area contributed by atoms with Crippen LogP contribution in [0.15, 0.2) is 24.3 Å². The van der Waals surface area contributed by atoms with Crippen LogP contribution in [0.3, 0.4) is 0 Å². The number of aliphatic carboxylic acids is 1. The number of benzene rings is 1. The fourth-order valence-corrected chi connectivity index (χ4v) is 4.08. The van der Waals surface area contributed by atoms with Gasteiger partial charge in [0.1, 0.15) is 0 Å². The number of halogens is 1. The van der Waals surface area contributed by atoms with Crippen molar-refractivity contribution in [1.29, 1.82) is 0 Å². The number of nitrogens with zero attached hydrogens (tertiary/aromatic N) is 1. The standard InChI is InChI=1S/C18H22ClNO4/c1-12-10-20(11-15(12)16(21)22)17(23)18(5-7-24-8-6-18)13-3-2-4-14(19)9-13/h2-4,9,12,15H,5-8,10-11H2,1H3,(H,21,22)/t12-,15-/m1/s1. The van der Waals surface area contributed by atoms with Crippen LogP contribution in [0.4, 0.5) is 0 Å². The van der Waals surface area contributed by atoms with Gasteiger partial charge in [-0.3, -0.25) is 9.59 Å². The summed E-state index contributed by atoms with van der Waals surface area (Å²) in [6, 6.07) is 7.43. The van der Waals surface area contributed by atoms with Crippen molar-refractivity contribution in [3.8, 4) is 0 Å². The van der Waals surface area contributed by atoms with Crippen LogP contribution in [0.1, 0.15) is 25.3 Å². The Bertz CT molecular complexity index is 642. The summed E-state index contributed by atoms with van der Waals surface area (Å²) in [5.41, 5.74) is 0.228. The molecule has 0 spiro atoms. The van der Waals surface area contributed by atoms with E-state index in [1.165, 1.54) is 0 Å². The molecule has 2 atom stereocenters. The predicted octanol–water partition coefficient (Wildman–Crippen LogP) is 2.57. The smallest absolute Gasteiger partial charge is 0.308 e. The van der Waals surface area contributed by atoms with Crippen LogP contribution in [-0.4, -0.2) is 48.2 Å². The zero-order valence-electron chi connectivity index (χ0n) is 13.7. The molecule has 0 saturated carbocycles. The minimum Gasteiger partial charge on any atom is -0.481 e. The highest BCUT2D eigenvalue weighted by Crippen LogP contribution is 2.39. The van der Waals surface area contributed by atoms with Crippen molar-refractivity contribution in [3.05, 3.63) is 34.9 Å². The predicted molar refractivity (Wildman–Crippen MR) is 90.1 cm³/mol. The molecule has 0 aliphatic carbocycles. The lowest BCUT2D eigenvalue weighted by molar-refractivity contribution is -0.143. The summed E-state index contributed by atoms with van der Waals surface area (Å²) in [7, 11) is 0. The summed E-state index contributed by atoms with van der Waals surface area (Å²) in [6.07, 6.45) is 1.18. The number of carboxylic acids is 1. The van der Waals surface area contributed by atoms with Gasteiger partial charge in [-0.2, -0.15) is 0 Å². The Morgan fingerprint density at radius 1 is 1.29 bits per heavy atom. The molecular weight excluding hydrogens is 330 g/mol. The maximum Gasteiger partial charge on any atom is 0.308 e. The number of ether oxygens (including phenoxy) is 1. The normalized spacial score (nSPS) is 26.3. The van der Waals surface area contributed by atoms with Crippen LogP contribution in [0.2, 0.25) is 5.02 Å². The molecule has 1 aromatic rings. The van der Waals surface area contributed by atoms with Crippen LogP contribution in [0.25, 0.3) is 0 Å². The molecule has 2 aliphatic heterocycles. The van der Waals surface area contributed by atoms with Gasteiger partial charge in [0.05, 0.1) is 11.3 Å². The van der Waals surface area contributed by atoms with E-state index in [-0.39, 0.29) is 18.4 Å². The number of likely N-dealkylation sites (tertiary alicyclic amines) is 1. The highest BCUT2D eigenvalue weighted by molar-refractivity contribution is 6.30. The number of carbonyl (C=O) groups excluding carboxylic acids is 1. The maximum absolute atomic E-state index is 13.4. The number of carbonyl (C=O) groups is 2. The zero-order chi connectivity index (χ0) is 17.3. The first-order valence-corrected chi connectivity index (χ1v) is 8.68. The second-order valence-electron chi connectivity index (χ2n) is 6.84. The van der Waals surface area contributed by atoms with Gasteiger partial charge in [0, 0.05) is 31.3 Å². The summed E-state index contributed by atoms with van der Waals surface area (Å²) >= 11 is 6.14. The average Bonchev–Trinajstić information content (AvgIpc) is 2.97. The Labute approximate surface area is 146 Å². The number of carboxylic acid groups (broad SMARTS) is 1. The first-order valence-electron chi connectivity index (χ1n) is 8.30. The van der Waals surface area contributed by atoms with E-state index in [2.05, 4.69) is 0 Å². The van der Waals surface area contributed by atoms with E-state index in [4.69, 9.17) is 16.3 Å². The second-order valence-corrected chi connectivity index (χ2v) is 7.27. The van der Waals surface area contributed by atoms with Gasteiger partial charge in [-0.15, -0.1) is 0 Å². The molecule has 0 aromatic heterocycles. The number of hydrogen-bond donors (Lipinski definition) is 1. The molecule has 0 radical (unpaired) electrons. The Balaban J connectivity index is 1.92. The first kappa shape index (κ1) is 17.2. The van der Waals surface area contributed by atoms with Crippen molar-refractivity contribution >= 4 is 23.5 Å². The third-order valence-corrected chi connectivity index (χ3v) is 5.58. The third-order valence-electron chi connectivity index (χ3n) is 5.35. The van der Waals surface area contributed by atoms with Gasteiger partial charge in [-0.05, 0) is 36.5 Å². The number of rotatable bonds is 3. The maximum atomic E-state index is 13.4. The summed E-state index contributed by atoms with van der Waals surface area (Å²) in [4.78, 5) is 26.5. The van der Waals surface area contributed by atoms with Crippen molar-refractivity contribution in [3.63, 3.8) is 0 Å². The van der Waals surface area contributed by atoms with Gasteiger partial charge >= 0.3 is 5.97 Å². The molecule has 6 heteroatoms. The van der Waals surface area contributed by atoms with E-state index in [0.29, 0.717) is 37.6 Å². The summed E-state index contributed by atoms with van der Waals surface area (Å²) < 4.78 is 5.47. The quantitative estimate of drug-likeness (QED) is 0.908.